The number of likely N-dealkylation sites (tertiary alicyclic amines) is 1. The zero-order valence-corrected chi connectivity index (χ0v) is 12.4. The zero-order valence-electron chi connectivity index (χ0n) is 11.6. The maximum absolute atomic E-state index is 3.90. The number of hydrogen-bond donors (Lipinski definition) is 1. The lowest BCUT2D eigenvalue weighted by molar-refractivity contribution is 0.156. The van der Waals surface area contributed by atoms with Gasteiger partial charge in [-0.15, -0.1) is 0 Å². The van der Waals surface area contributed by atoms with Crippen LogP contribution in [-0.2, 0) is 0 Å². The van der Waals surface area contributed by atoms with E-state index in [-0.39, 0.29) is 0 Å². The van der Waals surface area contributed by atoms with Crippen LogP contribution in [0.4, 0.5) is 0 Å². The topological polar surface area (TPSA) is 15.3 Å². The van der Waals surface area contributed by atoms with Gasteiger partial charge in [0.05, 0.1) is 0 Å². The fourth-order valence-corrected chi connectivity index (χ4v) is 4.02. The molecule has 3 heteroatoms. The van der Waals surface area contributed by atoms with E-state index in [1.165, 1.54) is 45.2 Å². The lowest BCUT2D eigenvalue weighted by atomic mass is 10.0. The Morgan fingerprint density at radius 3 is 2.29 bits per heavy atom. The van der Waals surface area contributed by atoms with Crippen LogP contribution in [0.3, 0.4) is 0 Å². The Kier molecular flexibility index (Phi) is 5.19. The first-order valence-corrected chi connectivity index (χ1v) is 8.50. The van der Waals surface area contributed by atoms with Crippen molar-refractivity contribution in [3.8, 4) is 0 Å². The number of hydrogen-bond acceptors (Lipinski definition) is 3. The number of nitrogens with one attached hydrogen (secondary N) is 1. The molecule has 0 amide bonds. The van der Waals surface area contributed by atoms with Gasteiger partial charge in [-0.05, 0) is 65.3 Å². The maximum atomic E-state index is 3.90. The smallest absolute Gasteiger partial charge is 0.00940 e. The van der Waals surface area contributed by atoms with E-state index in [1.807, 2.05) is 0 Å². The normalized spacial score (nSPS) is 32.5. The van der Waals surface area contributed by atoms with Gasteiger partial charge in [0, 0.05) is 23.4 Å². The van der Waals surface area contributed by atoms with E-state index in [4.69, 9.17) is 0 Å². The highest BCUT2D eigenvalue weighted by Crippen LogP contribution is 2.29. The predicted octanol–water partition coefficient (Wildman–Crippen LogP) is 2.73. The molecule has 100 valence electrons. The first kappa shape index (κ1) is 13.7. The molecule has 1 heterocycles. The molecule has 2 unspecified atom stereocenters. The molecule has 0 aromatic rings. The fourth-order valence-electron chi connectivity index (χ4n) is 3.22. The van der Waals surface area contributed by atoms with Crippen LogP contribution >= 0.6 is 11.8 Å². The Balaban J connectivity index is 1.68. The van der Waals surface area contributed by atoms with Crippen molar-refractivity contribution in [3.63, 3.8) is 0 Å². The molecule has 2 aliphatic rings. The summed E-state index contributed by atoms with van der Waals surface area (Å²) in [7, 11) is 0. The van der Waals surface area contributed by atoms with Crippen LogP contribution in [0, 0.1) is 0 Å². The molecule has 0 aromatic heterocycles. The second kappa shape index (κ2) is 6.44. The molecule has 2 nitrogen and oxygen atoms in total. The van der Waals surface area contributed by atoms with Gasteiger partial charge in [-0.25, -0.2) is 0 Å². The molecule has 1 saturated heterocycles. The van der Waals surface area contributed by atoms with E-state index in [2.05, 4.69) is 42.1 Å². The second-order valence-corrected chi connectivity index (χ2v) is 7.08. The van der Waals surface area contributed by atoms with Crippen molar-refractivity contribution in [2.45, 2.75) is 69.3 Å². The largest absolute Gasteiger partial charge is 0.311 e. The Morgan fingerprint density at radius 2 is 1.76 bits per heavy atom. The fraction of sp³-hybridized carbons (Fsp3) is 1.00. The van der Waals surface area contributed by atoms with E-state index in [0.717, 1.165) is 23.4 Å². The van der Waals surface area contributed by atoms with Gasteiger partial charge in [-0.3, -0.25) is 0 Å². The highest BCUT2D eigenvalue weighted by molar-refractivity contribution is 7.99. The molecule has 1 aliphatic carbocycles. The molecule has 0 spiro atoms. The average Bonchev–Trinajstić information content (AvgIpc) is 2.77. The third-order valence-electron chi connectivity index (χ3n) is 4.45. The molecule has 17 heavy (non-hydrogen) atoms. The summed E-state index contributed by atoms with van der Waals surface area (Å²) in [5.41, 5.74) is 0. The predicted molar refractivity (Wildman–Crippen MR) is 77.8 cm³/mol. The van der Waals surface area contributed by atoms with E-state index in [1.54, 1.807) is 0 Å². The molecule has 2 fully saturated rings. The summed E-state index contributed by atoms with van der Waals surface area (Å²) < 4.78 is 0. The van der Waals surface area contributed by atoms with Gasteiger partial charge < -0.3 is 10.2 Å². The summed E-state index contributed by atoms with van der Waals surface area (Å²) in [5.74, 6) is 0. The van der Waals surface area contributed by atoms with E-state index in [0.29, 0.717) is 0 Å². The van der Waals surface area contributed by atoms with Crippen LogP contribution in [0.5, 0.6) is 0 Å². The second-order valence-electron chi connectivity index (χ2n) is 5.94. The Morgan fingerprint density at radius 1 is 1.06 bits per heavy atom. The zero-order chi connectivity index (χ0) is 12.3. The standard InChI is InChI=1S/C14H28N2S/c1-11(2)16-8-6-12(7-9-16)15-13-4-5-14(10-13)17-3/h11-15H,4-10H2,1-3H3. The van der Waals surface area contributed by atoms with Crippen molar-refractivity contribution >= 4 is 11.8 Å². The van der Waals surface area contributed by atoms with Crippen LogP contribution in [-0.4, -0.2) is 47.6 Å². The van der Waals surface area contributed by atoms with Gasteiger partial charge in [-0.2, -0.15) is 11.8 Å². The molecule has 0 bridgehead atoms. The average molecular weight is 256 g/mol. The van der Waals surface area contributed by atoms with Gasteiger partial charge >= 0.3 is 0 Å². The van der Waals surface area contributed by atoms with Crippen molar-refractivity contribution in [3.05, 3.63) is 0 Å². The van der Waals surface area contributed by atoms with Crippen LogP contribution in [0.25, 0.3) is 0 Å². The highest BCUT2D eigenvalue weighted by Gasteiger charge is 2.27. The van der Waals surface area contributed by atoms with Gasteiger partial charge in [0.1, 0.15) is 0 Å². The van der Waals surface area contributed by atoms with Crippen LogP contribution in [0.1, 0.15) is 46.0 Å². The third kappa shape index (κ3) is 3.87. The van der Waals surface area contributed by atoms with E-state index >= 15 is 0 Å². The molecular weight excluding hydrogens is 228 g/mol. The van der Waals surface area contributed by atoms with Crippen LogP contribution in [0.15, 0.2) is 0 Å². The third-order valence-corrected chi connectivity index (χ3v) is 5.54. The summed E-state index contributed by atoms with van der Waals surface area (Å²) in [6.45, 7) is 7.20. The van der Waals surface area contributed by atoms with Gasteiger partial charge in [-0.1, -0.05) is 0 Å². The summed E-state index contributed by atoms with van der Waals surface area (Å²) in [4.78, 5) is 2.61. The van der Waals surface area contributed by atoms with Crippen molar-refractivity contribution in [1.82, 2.24) is 10.2 Å². The number of nitrogens with zero attached hydrogens (tertiary/aromatic N) is 1. The van der Waals surface area contributed by atoms with Crippen LogP contribution < -0.4 is 5.32 Å². The van der Waals surface area contributed by atoms with Crippen molar-refractivity contribution in [2.24, 2.45) is 0 Å². The minimum Gasteiger partial charge on any atom is -0.311 e. The van der Waals surface area contributed by atoms with E-state index in [9.17, 15) is 0 Å². The van der Waals surface area contributed by atoms with Crippen LogP contribution in [0.2, 0.25) is 0 Å². The highest BCUT2D eigenvalue weighted by atomic mass is 32.2. The molecule has 2 rings (SSSR count). The lowest BCUT2D eigenvalue weighted by Gasteiger charge is -2.36. The van der Waals surface area contributed by atoms with Gasteiger partial charge in [0.25, 0.3) is 0 Å². The summed E-state index contributed by atoms with van der Waals surface area (Å²) in [6, 6.07) is 2.32. The van der Waals surface area contributed by atoms with Crippen molar-refractivity contribution in [1.29, 1.82) is 0 Å². The molecule has 1 saturated carbocycles. The molecule has 0 radical (unpaired) electrons. The number of thioether (sulfide) groups is 1. The molecule has 1 N–H and O–H groups in total. The minimum atomic E-state index is 0.725. The molecule has 2 atom stereocenters. The first-order chi connectivity index (χ1) is 8.19. The number of rotatable bonds is 4. The van der Waals surface area contributed by atoms with E-state index < -0.39 is 0 Å². The van der Waals surface area contributed by atoms with Crippen molar-refractivity contribution < 1.29 is 0 Å². The summed E-state index contributed by atoms with van der Waals surface area (Å²) in [5, 5.41) is 4.82. The minimum absolute atomic E-state index is 0.725. The SMILES string of the molecule is CSC1CCC(NC2CCN(C(C)C)CC2)C1. The molecule has 0 aromatic carbocycles. The Bertz CT molecular complexity index is 224. The lowest BCUT2D eigenvalue weighted by Crippen LogP contribution is -2.47. The molecule has 1 aliphatic heterocycles. The molecular formula is C14H28N2S. The number of piperidine rings is 1. The Labute approximate surface area is 111 Å². The first-order valence-electron chi connectivity index (χ1n) is 7.22. The van der Waals surface area contributed by atoms with Crippen molar-refractivity contribution in [2.75, 3.05) is 19.3 Å². The Hall–Kier alpha value is 0.270. The summed E-state index contributed by atoms with van der Waals surface area (Å²) >= 11 is 2.05. The maximum Gasteiger partial charge on any atom is 0.00940 e. The van der Waals surface area contributed by atoms with Gasteiger partial charge in [0.15, 0.2) is 0 Å². The summed E-state index contributed by atoms with van der Waals surface area (Å²) in [6.07, 6.45) is 9.16. The quantitative estimate of drug-likeness (QED) is 0.832. The monoisotopic (exact) mass is 256 g/mol. The van der Waals surface area contributed by atoms with Gasteiger partial charge in [0.2, 0.25) is 0 Å².